The summed E-state index contributed by atoms with van der Waals surface area (Å²) in [6.07, 6.45) is 0.601. The molecule has 0 bridgehead atoms. The lowest BCUT2D eigenvalue weighted by atomic mass is 10.1. The first-order chi connectivity index (χ1) is 13.0. The van der Waals surface area contributed by atoms with Crippen LogP contribution in [0.3, 0.4) is 0 Å². The number of carbonyl (C=O) groups is 1. The van der Waals surface area contributed by atoms with Crippen molar-refractivity contribution >= 4 is 34.5 Å². The second kappa shape index (κ2) is 8.28. The van der Waals surface area contributed by atoms with Crippen LogP contribution in [-0.4, -0.2) is 22.4 Å². The fourth-order valence-electron chi connectivity index (χ4n) is 2.59. The molecule has 2 aromatic carbocycles. The predicted octanol–water partition coefficient (Wildman–Crippen LogP) is 4.65. The largest absolute Gasteiger partial charge is 0.351 e. The van der Waals surface area contributed by atoms with Crippen molar-refractivity contribution in [1.82, 2.24) is 10.3 Å². The van der Waals surface area contributed by atoms with Crippen LogP contribution in [0.15, 0.2) is 48.5 Å². The number of nitro benzene ring substituents is 1. The van der Waals surface area contributed by atoms with Crippen LogP contribution in [0.4, 0.5) is 5.69 Å². The molecule has 0 spiro atoms. The predicted molar refractivity (Wildman–Crippen MR) is 106 cm³/mol. The third kappa shape index (κ3) is 4.50. The summed E-state index contributed by atoms with van der Waals surface area (Å²) >= 11 is 7.48. The zero-order valence-electron chi connectivity index (χ0n) is 14.4. The van der Waals surface area contributed by atoms with E-state index >= 15 is 0 Å². The molecule has 0 aliphatic carbocycles. The van der Waals surface area contributed by atoms with E-state index < -0.39 is 10.8 Å². The first-order valence-corrected chi connectivity index (χ1v) is 9.39. The van der Waals surface area contributed by atoms with Gasteiger partial charge >= 0.3 is 0 Å². The average Bonchev–Trinajstić information content (AvgIpc) is 3.03. The van der Waals surface area contributed by atoms with E-state index in [1.807, 2.05) is 31.2 Å². The Labute approximate surface area is 165 Å². The van der Waals surface area contributed by atoms with Gasteiger partial charge in [-0.25, -0.2) is 4.98 Å². The van der Waals surface area contributed by atoms with Crippen molar-refractivity contribution in [2.24, 2.45) is 0 Å². The molecule has 0 aliphatic rings. The zero-order valence-corrected chi connectivity index (χ0v) is 16.0. The van der Waals surface area contributed by atoms with Gasteiger partial charge in [0.2, 0.25) is 0 Å². The maximum Gasteiger partial charge on any atom is 0.282 e. The molecule has 0 atom stereocenters. The Kier molecular flexibility index (Phi) is 5.83. The van der Waals surface area contributed by atoms with Crippen molar-refractivity contribution in [3.05, 3.63) is 79.8 Å². The number of nitro groups is 1. The number of para-hydroxylation sites is 1. The molecule has 6 nitrogen and oxygen atoms in total. The molecule has 27 heavy (non-hydrogen) atoms. The highest BCUT2D eigenvalue weighted by Gasteiger charge is 2.19. The van der Waals surface area contributed by atoms with E-state index in [0.717, 1.165) is 21.1 Å². The SMILES string of the molecule is Cc1nc(-c2ccc(Cl)cc2)sc1CCNC(=O)c1ccccc1[N+](=O)[O-]. The summed E-state index contributed by atoms with van der Waals surface area (Å²) in [5, 5.41) is 15.3. The first kappa shape index (κ1) is 19.0. The van der Waals surface area contributed by atoms with Gasteiger partial charge in [0.15, 0.2) is 0 Å². The number of nitrogens with one attached hydrogen (secondary N) is 1. The molecule has 3 aromatic rings. The molecule has 1 heterocycles. The number of nitrogens with zero attached hydrogens (tertiary/aromatic N) is 2. The van der Waals surface area contributed by atoms with Gasteiger partial charge in [-0.05, 0) is 25.1 Å². The van der Waals surface area contributed by atoms with Gasteiger partial charge in [-0.1, -0.05) is 35.9 Å². The van der Waals surface area contributed by atoms with Crippen molar-refractivity contribution in [3.63, 3.8) is 0 Å². The van der Waals surface area contributed by atoms with Gasteiger partial charge in [0.1, 0.15) is 10.6 Å². The molecule has 0 radical (unpaired) electrons. The molecule has 1 aromatic heterocycles. The second-order valence-corrected chi connectivity index (χ2v) is 7.33. The molecule has 0 saturated carbocycles. The molecule has 3 rings (SSSR count). The zero-order chi connectivity index (χ0) is 19.4. The van der Waals surface area contributed by atoms with Gasteiger partial charge in [-0.15, -0.1) is 11.3 Å². The first-order valence-electron chi connectivity index (χ1n) is 8.19. The smallest absolute Gasteiger partial charge is 0.282 e. The van der Waals surface area contributed by atoms with Crippen molar-refractivity contribution in [2.45, 2.75) is 13.3 Å². The van der Waals surface area contributed by atoms with E-state index in [1.54, 1.807) is 17.4 Å². The Balaban J connectivity index is 1.65. The standard InChI is InChI=1S/C19H16ClN3O3S/c1-12-17(27-19(22-12)13-6-8-14(20)9-7-13)10-11-21-18(24)15-4-2-3-5-16(15)23(25)26/h2-9H,10-11H2,1H3,(H,21,24). The molecule has 0 saturated heterocycles. The van der Waals surface area contributed by atoms with Gasteiger partial charge < -0.3 is 5.32 Å². The second-order valence-electron chi connectivity index (χ2n) is 5.81. The van der Waals surface area contributed by atoms with Gasteiger partial charge in [-0.2, -0.15) is 0 Å². The fourth-order valence-corrected chi connectivity index (χ4v) is 3.78. The van der Waals surface area contributed by atoms with E-state index in [-0.39, 0.29) is 11.3 Å². The summed E-state index contributed by atoms with van der Waals surface area (Å²) in [4.78, 5) is 28.4. The Morgan fingerprint density at radius 2 is 1.93 bits per heavy atom. The highest BCUT2D eigenvalue weighted by Crippen LogP contribution is 2.29. The summed E-state index contributed by atoms with van der Waals surface area (Å²) in [6.45, 7) is 2.29. The van der Waals surface area contributed by atoms with Crippen LogP contribution in [-0.2, 0) is 6.42 Å². The minimum Gasteiger partial charge on any atom is -0.351 e. The summed E-state index contributed by atoms with van der Waals surface area (Å²) < 4.78 is 0. The van der Waals surface area contributed by atoms with Crippen LogP contribution in [0.2, 0.25) is 5.02 Å². The van der Waals surface area contributed by atoms with Gasteiger partial charge in [0.05, 0.1) is 10.6 Å². The third-order valence-electron chi connectivity index (χ3n) is 3.97. The van der Waals surface area contributed by atoms with Crippen LogP contribution in [0.25, 0.3) is 10.6 Å². The molecule has 0 fully saturated rings. The molecule has 0 aliphatic heterocycles. The van der Waals surface area contributed by atoms with Gasteiger partial charge in [0, 0.05) is 34.5 Å². The maximum absolute atomic E-state index is 12.3. The molecule has 0 unspecified atom stereocenters. The minimum absolute atomic E-state index is 0.0605. The number of benzene rings is 2. The van der Waals surface area contributed by atoms with Crippen molar-refractivity contribution in [2.75, 3.05) is 6.54 Å². The third-order valence-corrected chi connectivity index (χ3v) is 5.49. The summed E-state index contributed by atoms with van der Waals surface area (Å²) in [5.74, 6) is -0.456. The number of halogens is 1. The van der Waals surface area contributed by atoms with Gasteiger partial charge in [0.25, 0.3) is 11.6 Å². The topological polar surface area (TPSA) is 85.1 Å². The molecular weight excluding hydrogens is 386 g/mol. The highest BCUT2D eigenvalue weighted by atomic mass is 35.5. The Morgan fingerprint density at radius 1 is 1.22 bits per heavy atom. The monoisotopic (exact) mass is 401 g/mol. The van der Waals surface area contributed by atoms with Crippen molar-refractivity contribution in [3.8, 4) is 10.6 Å². The number of thiazole rings is 1. The van der Waals surface area contributed by atoms with E-state index in [9.17, 15) is 14.9 Å². The van der Waals surface area contributed by atoms with E-state index in [2.05, 4.69) is 10.3 Å². The van der Waals surface area contributed by atoms with Crippen LogP contribution in [0, 0.1) is 17.0 Å². The Bertz CT molecular complexity index is 986. The number of amides is 1. The number of rotatable bonds is 6. The lowest BCUT2D eigenvalue weighted by Gasteiger charge is -2.05. The average molecular weight is 402 g/mol. The van der Waals surface area contributed by atoms with E-state index in [1.165, 1.54) is 18.2 Å². The van der Waals surface area contributed by atoms with Crippen LogP contribution < -0.4 is 5.32 Å². The Morgan fingerprint density at radius 3 is 2.63 bits per heavy atom. The molecule has 138 valence electrons. The molecule has 1 amide bonds. The van der Waals surface area contributed by atoms with Crippen LogP contribution in [0.1, 0.15) is 20.9 Å². The number of carbonyl (C=O) groups excluding carboxylic acids is 1. The van der Waals surface area contributed by atoms with Crippen LogP contribution >= 0.6 is 22.9 Å². The minimum atomic E-state index is -0.555. The molecular formula is C19H16ClN3O3S. The number of aromatic nitrogens is 1. The maximum atomic E-state index is 12.3. The van der Waals surface area contributed by atoms with E-state index in [0.29, 0.717) is 18.0 Å². The summed E-state index contributed by atoms with van der Waals surface area (Å²) in [7, 11) is 0. The quantitative estimate of drug-likeness (QED) is 0.481. The Hall–Kier alpha value is -2.77. The lowest BCUT2D eigenvalue weighted by Crippen LogP contribution is -2.26. The lowest BCUT2D eigenvalue weighted by molar-refractivity contribution is -0.385. The van der Waals surface area contributed by atoms with Crippen molar-refractivity contribution < 1.29 is 9.72 Å². The van der Waals surface area contributed by atoms with Crippen molar-refractivity contribution in [1.29, 1.82) is 0 Å². The van der Waals surface area contributed by atoms with Crippen LogP contribution in [0.5, 0.6) is 0 Å². The molecule has 8 heteroatoms. The summed E-state index contributed by atoms with van der Waals surface area (Å²) in [5.41, 5.74) is 1.76. The summed E-state index contributed by atoms with van der Waals surface area (Å²) in [6, 6.07) is 13.4. The number of aryl methyl sites for hydroxylation is 1. The van der Waals surface area contributed by atoms with Gasteiger partial charge in [-0.3, -0.25) is 14.9 Å². The number of hydrogen-bond donors (Lipinski definition) is 1. The normalized spacial score (nSPS) is 10.6. The van der Waals surface area contributed by atoms with E-state index in [4.69, 9.17) is 11.6 Å². The molecule has 1 N–H and O–H groups in total. The fraction of sp³-hybridized carbons (Fsp3) is 0.158. The number of hydrogen-bond acceptors (Lipinski definition) is 5. The highest BCUT2D eigenvalue weighted by molar-refractivity contribution is 7.15.